The zero-order valence-electron chi connectivity index (χ0n) is 20.1. The maximum Gasteiger partial charge on any atom is 0.410 e. The molecule has 0 aliphatic carbocycles. The average molecular weight is 495 g/mol. The molecule has 3 aliphatic heterocycles. The minimum Gasteiger partial charge on any atom is -0.445 e. The Kier molecular flexibility index (Phi) is 10.8. The first kappa shape index (κ1) is 27.3. The van der Waals surface area contributed by atoms with Crippen LogP contribution in [0.1, 0.15) is 44.2 Å². The predicted molar refractivity (Wildman–Crippen MR) is 139 cm³/mol. The normalized spacial score (nSPS) is 20.3. The van der Waals surface area contributed by atoms with E-state index in [1.165, 1.54) is 0 Å². The second-order valence-electron chi connectivity index (χ2n) is 8.89. The summed E-state index contributed by atoms with van der Waals surface area (Å²) in [7, 11) is 0. The van der Waals surface area contributed by atoms with Crippen LogP contribution in [0.2, 0.25) is 0 Å². The van der Waals surface area contributed by atoms with E-state index in [-0.39, 0.29) is 19.6 Å². The van der Waals surface area contributed by atoms with Gasteiger partial charge in [-0.25, -0.2) is 9.59 Å². The molecular formula is C29H38N2O5. The molecule has 7 nitrogen and oxygen atoms in total. The maximum absolute atomic E-state index is 11.9. The second kappa shape index (κ2) is 14.3. The molecule has 2 unspecified atom stereocenters. The van der Waals surface area contributed by atoms with Crippen molar-refractivity contribution in [2.24, 2.45) is 0 Å². The third kappa shape index (κ3) is 8.72. The van der Waals surface area contributed by atoms with Gasteiger partial charge in [0.15, 0.2) is 0 Å². The van der Waals surface area contributed by atoms with E-state index in [9.17, 15) is 9.59 Å². The largest absolute Gasteiger partial charge is 0.445 e. The molecule has 7 heteroatoms. The van der Waals surface area contributed by atoms with Crippen LogP contribution in [0.15, 0.2) is 72.8 Å². The first-order valence-electron chi connectivity index (χ1n) is 12.4. The molecule has 0 radical (unpaired) electrons. The highest BCUT2D eigenvalue weighted by Gasteiger charge is 2.41. The molecule has 2 aromatic rings. The predicted octanol–water partition coefficient (Wildman–Crippen LogP) is 5.80. The first-order valence-corrected chi connectivity index (χ1v) is 12.4. The molecule has 194 valence electrons. The average Bonchev–Trinajstić information content (AvgIpc) is 3.71. The molecule has 0 aromatic heterocycles. The number of nitrogens with zero attached hydrogens (tertiary/aromatic N) is 2. The van der Waals surface area contributed by atoms with Crippen LogP contribution in [-0.2, 0) is 27.4 Å². The Morgan fingerprint density at radius 3 is 1.56 bits per heavy atom. The van der Waals surface area contributed by atoms with E-state index in [1.54, 1.807) is 9.80 Å². The van der Waals surface area contributed by atoms with Crippen LogP contribution < -0.4 is 0 Å². The van der Waals surface area contributed by atoms with Gasteiger partial charge < -0.3 is 24.0 Å². The SMILES string of the molecule is C.O=C(OCc1ccccc1)N1CCC2OC2CC1.O=C(OCc1ccccc1)N1CCC=CCC1. The monoisotopic (exact) mass is 494 g/mol. The molecule has 3 heterocycles. The van der Waals surface area contributed by atoms with Gasteiger partial charge >= 0.3 is 12.2 Å². The zero-order chi connectivity index (χ0) is 24.3. The van der Waals surface area contributed by atoms with Gasteiger partial charge in [-0.1, -0.05) is 80.2 Å². The van der Waals surface area contributed by atoms with Crippen LogP contribution in [-0.4, -0.2) is 60.4 Å². The summed E-state index contributed by atoms with van der Waals surface area (Å²) in [6.07, 6.45) is 8.29. The number of rotatable bonds is 4. The van der Waals surface area contributed by atoms with Crippen molar-refractivity contribution in [2.45, 2.75) is 58.5 Å². The number of amides is 2. The van der Waals surface area contributed by atoms with Crippen LogP contribution in [0.5, 0.6) is 0 Å². The molecule has 2 atom stereocenters. The lowest BCUT2D eigenvalue weighted by Gasteiger charge is -2.20. The fraction of sp³-hybridized carbons (Fsp3) is 0.448. The van der Waals surface area contributed by atoms with E-state index in [2.05, 4.69) is 12.2 Å². The number of epoxide rings is 1. The molecule has 5 rings (SSSR count). The van der Waals surface area contributed by atoms with Gasteiger partial charge in [-0.2, -0.15) is 0 Å². The van der Waals surface area contributed by atoms with Crippen molar-refractivity contribution in [1.29, 1.82) is 0 Å². The third-order valence-corrected chi connectivity index (χ3v) is 6.28. The highest BCUT2D eigenvalue weighted by Crippen LogP contribution is 2.31. The lowest BCUT2D eigenvalue weighted by atomic mass is 10.2. The van der Waals surface area contributed by atoms with Gasteiger partial charge in [-0.15, -0.1) is 0 Å². The lowest BCUT2D eigenvalue weighted by molar-refractivity contribution is 0.0934. The van der Waals surface area contributed by atoms with Crippen molar-refractivity contribution in [3.63, 3.8) is 0 Å². The Labute approximate surface area is 214 Å². The van der Waals surface area contributed by atoms with Gasteiger partial charge in [-0.05, 0) is 36.8 Å². The molecule has 2 amide bonds. The fourth-order valence-electron chi connectivity index (χ4n) is 4.16. The number of carbonyl (C=O) groups excluding carboxylic acids is 2. The number of likely N-dealkylation sites (tertiary alicyclic amines) is 1. The molecule has 3 aliphatic rings. The molecule has 2 saturated heterocycles. The van der Waals surface area contributed by atoms with Crippen LogP contribution in [0.4, 0.5) is 9.59 Å². The van der Waals surface area contributed by atoms with E-state index in [0.717, 1.165) is 63.0 Å². The Bertz CT molecular complexity index is 944. The summed E-state index contributed by atoms with van der Waals surface area (Å²) >= 11 is 0. The van der Waals surface area contributed by atoms with E-state index in [1.807, 2.05) is 60.7 Å². The highest BCUT2D eigenvalue weighted by atomic mass is 16.6. The number of benzene rings is 2. The summed E-state index contributed by atoms with van der Waals surface area (Å²) in [6, 6.07) is 19.5. The number of hydrogen-bond acceptors (Lipinski definition) is 5. The molecule has 0 N–H and O–H groups in total. The van der Waals surface area contributed by atoms with Crippen molar-refractivity contribution in [2.75, 3.05) is 26.2 Å². The molecule has 2 aromatic carbocycles. The van der Waals surface area contributed by atoms with Crippen molar-refractivity contribution in [3.05, 3.63) is 83.9 Å². The van der Waals surface area contributed by atoms with Gasteiger partial charge in [0.25, 0.3) is 0 Å². The number of carbonyl (C=O) groups is 2. The maximum atomic E-state index is 11.9. The lowest BCUT2D eigenvalue weighted by Crippen LogP contribution is -2.33. The van der Waals surface area contributed by atoms with Gasteiger partial charge in [0, 0.05) is 26.2 Å². The summed E-state index contributed by atoms with van der Waals surface area (Å²) in [6.45, 7) is 3.70. The minimum atomic E-state index is -0.211. The van der Waals surface area contributed by atoms with Gasteiger partial charge in [0.05, 0.1) is 12.2 Å². The van der Waals surface area contributed by atoms with Gasteiger partial charge in [0.2, 0.25) is 0 Å². The highest BCUT2D eigenvalue weighted by molar-refractivity contribution is 5.68. The first-order chi connectivity index (χ1) is 17.2. The topological polar surface area (TPSA) is 71.6 Å². The molecule has 0 bridgehead atoms. The van der Waals surface area contributed by atoms with Crippen molar-refractivity contribution < 1.29 is 23.8 Å². The van der Waals surface area contributed by atoms with Crippen LogP contribution in [0.25, 0.3) is 0 Å². The van der Waals surface area contributed by atoms with E-state index < -0.39 is 0 Å². The molecular weight excluding hydrogens is 456 g/mol. The van der Waals surface area contributed by atoms with Crippen molar-refractivity contribution in [3.8, 4) is 0 Å². The molecule has 0 spiro atoms. The Balaban J connectivity index is 0.000000196. The number of hydrogen-bond donors (Lipinski definition) is 0. The summed E-state index contributed by atoms with van der Waals surface area (Å²) in [5.74, 6) is 0. The quantitative estimate of drug-likeness (QED) is 0.397. The van der Waals surface area contributed by atoms with Crippen LogP contribution in [0, 0.1) is 0 Å². The third-order valence-electron chi connectivity index (χ3n) is 6.28. The smallest absolute Gasteiger partial charge is 0.410 e. The Hall–Kier alpha value is -3.32. The second-order valence-corrected chi connectivity index (χ2v) is 8.89. The molecule has 0 saturated carbocycles. The van der Waals surface area contributed by atoms with Gasteiger partial charge in [-0.3, -0.25) is 0 Å². The zero-order valence-corrected chi connectivity index (χ0v) is 20.1. The molecule has 36 heavy (non-hydrogen) atoms. The summed E-state index contributed by atoms with van der Waals surface area (Å²) in [5.41, 5.74) is 2.04. The van der Waals surface area contributed by atoms with Crippen molar-refractivity contribution in [1.82, 2.24) is 9.80 Å². The summed E-state index contributed by atoms with van der Waals surface area (Å²) < 4.78 is 16.0. The molecule has 2 fully saturated rings. The Morgan fingerprint density at radius 1 is 0.694 bits per heavy atom. The number of fused-ring (bicyclic) bond motifs is 1. The van der Waals surface area contributed by atoms with Crippen LogP contribution in [0.3, 0.4) is 0 Å². The van der Waals surface area contributed by atoms with Crippen LogP contribution >= 0.6 is 0 Å². The van der Waals surface area contributed by atoms with E-state index in [4.69, 9.17) is 14.2 Å². The Morgan fingerprint density at radius 2 is 1.11 bits per heavy atom. The standard InChI is InChI=1S/C14H17NO3.C14H17NO2.CH4/c16-14(17-10-11-4-2-1-3-5-11)15-8-6-12-13(18-12)7-9-15;16-14(15-10-6-1-2-7-11-15)17-12-13-8-4-3-5-9-13;/h1-5,12-13H,6-10H2;1-5,8-9H,6-7,10-12H2;1H4. The summed E-state index contributed by atoms with van der Waals surface area (Å²) in [5, 5.41) is 0. The summed E-state index contributed by atoms with van der Waals surface area (Å²) in [4.78, 5) is 27.3. The van der Waals surface area contributed by atoms with E-state index >= 15 is 0 Å². The van der Waals surface area contributed by atoms with Gasteiger partial charge in [0.1, 0.15) is 13.2 Å². The minimum absolute atomic E-state index is 0. The number of ether oxygens (including phenoxy) is 3. The fourth-order valence-corrected chi connectivity index (χ4v) is 4.16. The van der Waals surface area contributed by atoms with Crippen molar-refractivity contribution >= 4 is 12.2 Å². The van der Waals surface area contributed by atoms with E-state index in [0.29, 0.717) is 25.4 Å².